The highest BCUT2D eigenvalue weighted by atomic mass is 19.3. The second-order valence-corrected chi connectivity index (χ2v) is 4.27. The van der Waals surface area contributed by atoms with Gasteiger partial charge >= 0.3 is 0 Å². The molecule has 0 saturated heterocycles. The van der Waals surface area contributed by atoms with Crippen LogP contribution in [-0.4, -0.2) is 15.4 Å². The number of halogens is 2. The van der Waals surface area contributed by atoms with Crippen LogP contribution in [0.5, 0.6) is 0 Å². The summed E-state index contributed by atoms with van der Waals surface area (Å²) in [5.41, 5.74) is 1.89. The fraction of sp³-hybridized carbons (Fsp3) is 0.500. The summed E-state index contributed by atoms with van der Waals surface area (Å²) < 4.78 is 27.7. The number of hydrogen-bond donors (Lipinski definition) is 1. The molecule has 0 radical (unpaired) electrons. The van der Waals surface area contributed by atoms with E-state index in [0.717, 1.165) is 11.1 Å². The summed E-state index contributed by atoms with van der Waals surface area (Å²) in [6.45, 7) is 3.81. The fourth-order valence-corrected chi connectivity index (χ4v) is 2.09. The predicted octanol–water partition coefficient (Wildman–Crippen LogP) is 3.43. The fourth-order valence-electron chi connectivity index (χ4n) is 2.09. The molecule has 3 nitrogen and oxygen atoms in total. The van der Waals surface area contributed by atoms with Crippen molar-refractivity contribution in [3.63, 3.8) is 0 Å². The lowest BCUT2D eigenvalue weighted by molar-refractivity contribution is -0.0201. The first-order chi connectivity index (χ1) is 8.06. The molecule has 0 aliphatic heterocycles. The standard InChI is InChI=1S/C12H15F2N3/c1-3-5-9-8(2)6-4-7-12(13,14)11-10(9)15-17-16-11/h3,5H,4,6-7H2,1-2H3,(H,15,16,17)/b5-3-,9-8-. The van der Waals surface area contributed by atoms with Gasteiger partial charge in [0.05, 0.1) is 0 Å². The molecule has 0 spiro atoms. The van der Waals surface area contributed by atoms with Crippen molar-refractivity contribution in [3.8, 4) is 0 Å². The third-order valence-corrected chi connectivity index (χ3v) is 2.99. The van der Waals surface area contributed by atoms with Gasteiger partial charge in [-0.3, -0.25) is 0 Å². The molecule has 5 heteroatoms. The maximum atomic E-state index is 13.8. The number of nitrogens with zero attached hydrogens (tertiary/aromatic N) is 2. The number of rotatable bonds is 1. The zero-order chi connectivity index (χ0) is 12.5. The van der Waals surface area contributed by atoms with E-state index in [9.17, 15) is 8.78 Å². The van der Waals surface area contributed by atoms with E-state index < -0.39 is 5.92 Å². The first-order valence-corrected chi connectivity index (χ1v) is 5.68. The lowest BCUT2D eigenvalue weighted by Crippen LogP contribution is -2.17. The average Bonchev–Trinajstić information content (AvgIpc) is 2.73. The summed E-state index contributed by atoms with van der Waals surface area (Å²) in [5, 5.41) is 9.82. The molecule has 0 unspecified atom stereocenters. The van der Waals surface area contributed by atoms with Crippen LogP contribution in [0.15, 0.2) is 17.7 Å². The zero-order valence-electron chi connectivity index (χ0n) is 9.93. The first kappa shape index (κ1) is 12.0. The molecule has 0 fully saturated rings. The number of fused-ring (bicyclic) bond motifs is 1. The van der Waals surface area contributed by atoms with Crippen molar-refractivity contribution < 1.29 is 8.78 Å². The predicted molar refractivity (Wildman–Crippen MR) is 61.5 cm³/mol. The molecule has 1 aliphatic rings. The van der Waals surface area contributed by atoms with Gasteiger partial charge in [-0.05, 0) is 26.7 Å². The van der Waals surface area contributed by atoms with Crippen molar-refractivity contribution in [1.29, 1.82) is 0 Å². The van der Waals surface area contributed by atoms with Crippen LogP contribution in [0.2, 0.25) is 0 Å². The Morgan fingerprint density at radius 3 is 2.82 bits per heavy atom. The summed E-state index contributed by atoms with van der Waals surface area (Å²) in [5.74, 6) is -2.89. The number of nitrogens with one attached hydrogen (secondary N) is 1. The molecule has 1 heterocycles. The van der Waals surface area contributed by atoms with E-state index in [0.29, 0.717) is 12.8 Å². The van der Waals surface area contributed by atoms with Gasteiger partial charge in [0, 0.05) is 12.0 Å². The molecule has 2 rings (SSSR count). The number of hydrogen-bond acceptors (Lipinski definition) is 2. The van der Waals surface area contributed by atoms with E-state index in [1.54, 1.807) is 0 Å². The molecule has 1 N–H and O–H groups in total. The molecular weight excluding hydrogens is 224 g/mol. The van der Waals surface area contributed by atoms with Crippen LogP contribution < -0.4 is 0 Å². The molecule has 0 atom stereocenters. The van der Waals surface area contributed by atoms with Crippen LogP contribution >= 0.6 is 0 Å². The second kappa shape index (κ2) is 4.39. The van der Waals surface area contributed by atoms with Crippen LogP contribution in [0, 0.1) is 0 Å². The van der Waals surface area contributed by atoms with Crippen LogP contribution in [0.3, 0.4) is 0 Å². The maximum Gasteiger partial charge on any atom is 0.293 e. The highest BCUT2D eigenvalue weighted by Gasteiger charge is 2.38. The van der Waals surface area contributed by atoms with Crippen molar-refractivity contribution in [1.82, 2.24) is 15.4 Å². The highest BCUT2D eigenvalue weighted by molar-refractivity contribution is 5.75. The average molecular weight is 239 g/mol. The van der Waals surface area contributed by atoms with Crippen molar-refractivity contribution in [2.24, 2.45) is 0 Å². The van der Waals surface area contributed by atoms with Crippen molar-refractivity contribution in [2.45, 2.75) is 39.0 Å². The van der Waals surface area contributed by atoms with Crippen molar-refractivity contribution in [3.05, 3.63) is 29.1 Å². The topological polar surface area (TPSA) is 41.6 Å². The minimum atomic E-state index is -2.89. The van der Waals surface area contributed by atoms with Gasteiger partial charge in [0.1, 0.15) is 5.69 Å². The van der Waals surface area contributed by atoms with Gasteiger partial charge in [-0.1, -0.05) is 17.7 Å². The number of H-pyrrole nitrogens is 1. The Balaban J connectivity index is 2.61. The van der Waals surface area contributed by atoms with E-state index in [1.165, 1.54) is 0 Å². The van der Waals surface area contributed by atoms with Crippen LogP contribution in [0.4, 0.5) is 8.78 Å². The Labute approximate surface area is 98.6 Å². The Morgan fingerprint density at radius 2 is 2.12 bits per heavy atom. The number of alkyl halides is 2. The third-order valence-electron chi connectivity index (χ3n) is 2.99. The largest absolute Gasteiger partial charge is 0.293 e. The zero-order valence-corrected chi connectivity index (χ0v) is 9.93. The van der Waals surface area contributed by atoms with E-state index in [2.05, 4.69) is 15.4 Å². The number of allylic oxidation sites excluding steroid dienone is 4. The Morgan fingerprint density at radius 1 is 1.35 bits per heavy atom. The summed E-state index contributed by atoms with van der Waals surface area (Å²) in [6.07, 6.45) is 4.61. The normalized spacial score (nSPS) is 24.5. The minimum absolute atomic E-state index is 0.174. The van der Waals surface area contributed by atoms with E-state index in [4.69, 9.17) is 0 Å². The molecule has 92 valence electrons. The van der Waals surface area contributed by atoms with Gasteiger partial charge < -0.3 is 0 Å². The summed E-state index contributed by atoms with van der Waals surface area (Å²) in [4.78, 5) is 0. The van der Waals surface area contributed by atoms with Crippen molar-refractivity contribution >= 4 is 5.57 Å². The van der Waals surface area contributed by atoms with E-state index in [-0.39, 0.29) is 17.8 Å². The molecule has 1 aliphatic carbocycles. The van der Waals surface area contributed by atoms with Gasteiger partial charge in [0.2, 0.25) is 0 Å². The number of aromatic amines is 1. The van der Waals surface area contributed by atoms with Crippen molar-refractivity contribution in [2.75, 3.05) is 0 Å². The van der Waals surface area contributed by atoms with Gasteiger partial charge in [-0.25, -0.2) is 0 Å². The lowest BCUT2D eigenvalue weighted by atomic mass is 9.92. The van der Waals surface area contributed by atoms with Gasteiger partial charge in [-0.2, -0.15) is 24.2 Å². The van der Waals surface area contributed by atoms with Crippen LogP contribution in [0.25, 0.3) is 5.57 Å². The second-order valence-electron chi connectivity index (χ2n) is 4.27. The third kappa shape index (κ3) is 2.14. The molecule has 17 heavy (non-hydrogen) atoms. The van der Waals surface area contributed by atoms with Gasteiger partial charge in [0.25, 0.3) is 5.92 Å². The molecule has 0 saturated carbocycles. The molecule has 0 aromatic carbocycles. The molecule has 1 aromatic rings. The SMILES string of the molecule is C/C=C\C1=C(/C)CCCC(F)(F)c2n[nH]nc21. The summed E-state index contributed by atoms with van der Waals surface area (Å²) >= 11 is 0. The molecule has 0 bridgehead atoms. The Hall–Kier alpha value is -1.52. The van der Waals surface area contributed by atoms with E-state index >= 15 is 0 Å². The smallest absolute Gasteiger partial charge is 0.199 e. The molecular formula is C12H15F2N3. The van der Waals surface area contributed by atoms with Crippen LogP contribution in [-0.2, 0) is 5.92 Å². The molecule has 0 amide bonds. The van der Waals surface area contributed by atoms with Gasteiger partial charge in [0.15, 0.2) is 5.69 Å². The summed E-state index contributed by atoms with van der Waals surface area (Å²) in [7, 11) is 0. The monoisotopic (exact) mass is 239 g/mol. The number of aromatic nitrogens is 3. The minimum Gasteiger partial charge on any atom is -0.199 e. The maximum absolute atomic E-state index is 13.8. The quantitative estimate of drug-likeness (QED) is 0.815. The lowest BCUT2D eigenvalue weighted by Gasteiger charge is -2.19. The Kier molecular flexibility index (Phi) is 3.09. The Bertz CT molecular complexity index is 472. The van der Waals surface area contributed by atoms with E-state index in [1.807, 2.05) is 26.0 Å². The first-order valence-electron chi connectivity index (χ1n) is 5.68. The molecule has 1 aromatic heterocycles. The highest BCUT2D eigenvalue weighted by Crippen LogP contribution is 2.39. The summed E-state index contributed by atoms with van der Waals surface area (Å²) in [6, 6.07) is 0. The van der Waals surface area contributed by atoms with Gasteiger partial charge in [-0.15, -0.1) is 0 Å². The van der Waals surface area contributed by atoms with Crippen LogP contribution in [0.1, 0.15) is 44.5 Å².